The Morgan fingerprint density at radius 2 is 2.35 bits per heavy atom. The van der Waals surface area contributed by atoms with Crippen molar-refractivity contribution >= 4 is 5.97 Å². The monoisotopic (exact) mass is 280 g/mol. The highest BCUT2D eigenvalue weighted by atomic mass is 16.5. The van der Waals surface area contributed by atoms with Gasteiger partial charge in [-0.15, -0.1) is 0 Å². The zero-order valence-corrected chi connectivity index (χ0v) is 12.7. The first kappa shape index (κ1) is 15.1. The Balaban J connectivity index is 2.19. The summed E-state index contributed by atoms with van der Waals surface area (Å²) in [7, 11) is 0. The molecule has 5 heteroatoms. The molecule has 1 N–H and O–H groups in total. The van der Waals surface area contributed by atoms with Crippen LogP contribution in [-0.2, 0) is 9.53 Å². The van der Waals surface area contributed by atoms with Gasteiger partial charge in [0.05, 0.1) is 6.61 Å². The summed E-state index contributed by atoms with van der Waals surface area (Å²) in [6.45, 7) is 10.6. The first-order valence-corrected chi connectivity index (χ1v) is 7.24. The van der Waals surface area contributed by atoms with Crippen molar-refractivity contribution in [3.63, 3.8) is 0 Å². The first-order valence-electron chi connectivity index (χ1n) is 7.24. The molecule has 1 fully saturated rings. The van der Waals surface area contributed by atoms with Gasteiger partial charge in [0.25, 0.3) is 0 Å². The van der Waals surface area contributed by atoms with Crippen LogP contribution in [0.2, 0.25) is 0 Å². The van der Waals surface area contributed by atoms with Crippen molar-refractivity contribution in [3.05, 3.63) is 23.2 Å². The van der Waals surface area contributed by atoms with E-state index in [-0.39, 0.29) is 18.1 Å². The van der Waals surface area contributed by atoms with Crippen LogP contribution in [0.1, 0.15) is 37.0 Å². The van der Waals surface area contributed by atoms with Gasteiger partial charge in [0, 0.05) is 31.2 Å². The number of nitrogens with zero attached hydrogens (tertiary/aromatic N) is 1. The van der Waals surface area contributed by atoms with E-state index in [2.05, 4.69) is 23.2 Å². The van der Waals surface area contributed by atoms with E-state index in [1.54, 1.807) is 0 Å². The second-order valence-electron chi connectivity index (χ2n) is 5.25. The van der Waals surface area contributed by atoms with Gasteiger partial charge >= 0.3 is 5.97 Å². The van der Waals surface area contributed by atoms with Crippen LogP contribution in [-0.4, -0.2) is 43.2 Å². The minimum atomic E-state index is -0.228. The molecule has 0 aromatic carbocycles. The van der Waals surface area contributed by atoms with E-state index in [0.29, 0.717) is 13.2 Å². The summed E-state index contributed by atoms with van der Waals surface area (Å²) in [5.41, 5.74) is 1.15. The average Bonchev–Trinajstić information content (AvgIpc) is 2.77. The molecule has 1 aromatic rings. The van der Waals surface area contributed by atoms with Gasteiger partial charge in [0.2, 0.25) is 0 Å². The van der Waals surface area contributed by atoms with Gasteiger partial charge < -0.3 is 14.5 Å². The van der Waals surface area contributed by atoms with Crippen molar-refractivity contribution in [3.8, 4) is 0 Å². The second kappa shape index (κ2) is 6.41. The fourth-order valence-corrected chi connectivity index (χ4v) is 2.88. The quantitative estimate of drug-likeness (QED) is 0.852. The standard InChI is InChI=1S/C15H24N2O3/c1-5-19-15(18)14-9-16-6-7-17(14)11(3)13-8-10(2)20-12(13)4/h8,11,14,16H,5-7,9H2,1-4H3. The van der Waals surface area contributed by atoms with Crippen molar-refractivity contribution < 1.29 is 13.9 Å². The van der Waals surface area contributed by atoms with Crippen LogP contribution < -0.4 is 5.32 Å². The highest BCUT2D eigenvalue weighted by Crippen LogP contribution is 2.28. The predicted molar refractivity (Wildman–Crippen MR) is 76.6 cm³/mol. The van der Waals surface area contributed by atoms with Gasteiger partial charge in [-0.05, 0) is 33.8 Å². The zero-order valence-electron chi connectivity index (χ0n) is 12.7. The van der Waals surface area contributed by atoms with Gasteiger partial charge in [-0.3, -0.25) is 9.69 Å². The summed E-state index contributed by atoms with van der Waals surface area (Å²) in [4.78, 5) is 14.3. The molecule has 112 valence electrons. The molecule has 0 radical (unpaired) electrons. The van der Waals surface area contributed by atoms with E-state index >= 15 is 0 Å². The zero-order chi connectivity index (χ0) is 14.7. The Bertz CT molecular complexity index is 470. The Kier molecular flexibility index (Phi) is 4.83. The molecule has 1 saturated heterocycles. The van der Waals surface area contributed by atoms with E-state index in [1.807, 2.05) is 20.8 Å². The Hall–Kier alpha value is -1.33. The van der Waals surface area contributed by atoms with Crippen molar-refractivity contribution in [2.75, 3.05) is 26.2 Å². The molecule has 2 atom stereocenters. The highest BCUT2D eigenvalue weighted by molar-refractivity contribution is 5.76. The molecule has 1 aliphatic heterocycles. The lowest BCUT2D eigenvalue weighted by Crippen LogP contribution is -2.56. The summed E-state index contributed by atoms with van der Waals surface area (Å²) in [6, 6.07) is 1.97. The van der Waals surface area contributed by atoms with E-state index < -0.39 is 0 Å². The molecule has 0 spiro atoms. The molecule has 2 heterocycles. The fourth-order valence-electron chi connectivity index (χ4n) is 2.88. The highest BCUT2D eigenvalue weighted by Gasteiger charge is 2.34. The topological polar surface area (TPSA) is 54.7 Å². The van der Waals surface area contributed by atoms with E-state index in [4.69, 9.17) is 9.15 Å². The number of furan rings is 1. The number of rotatable bonds is 4. The Labute approximate surface area is 120 Å². The number of ether oxygens (including phenoxy) is 1. The molecule has 0 amide bonds. The number of esters is 1. The number of hydrogen-bond acceptors (Lipinski definition) is 5. The largest absolute Gasteiger partial charge is 0.466 e. The third-order valence-electron chi connectivity index (χ3n) is 3.87. The van der Waals surface area contributed by atoms with Gasteiger partial charge in [-0.25, -0.2) is 0 Å². The molecule has 2 unspecified atom stereocenters. The fraction of sp³-hybridized carbons (Fsp3) is 0.667. The smallest absolute Gasteiger partial charge is 0.324 e. The molecule has 0 bridgehead atoms. The van der Waals surface area contributed by atoms with Crippen LogP contribution >= 0.6 is 0 Å². The van der Waals surface area contributed by atoms with Crippen molar-refractivity contribution in [2.24, 2.45) is 0 Å². The number of nitrogens with one attached hydrogen (secondary N) is 1. The molecule has 0 saturated carbocycles. The number of carbonyl (C=O) groups is 1. The molecule has 2 rings (SSSR count). The lowest BCUT2D eigenvalue weighted by Gasteiger charge is -2.38. The lowest BCUT2D eigenvalue weighted by molar-refractivity contribution is -0.151. The van der Waals surface area contributed by atoms with Crippen LogP contribution in [0.5, 0.6) is 0 Å². The summed E-state index contributed by atoms with van der Waals surface area (Å²) in [5.74, 6) is 1.69. The van der Waals surface area contributed by atoms with Gasteiger partial charge in [0.15, 0.2) is 0 Å². The number of aryl methyl sites for hydroxylation is 2. The molecule has 20 heavy (non-hydrogen) atoms. The third-order valence-corrected chi connectivity index (χ3v) is 3.87. The molecule has 1 aromatic heterocycles. The summed E-state index contributed by atoms with van der Waals surface area (Å²) >= 11 is 0. The maximum atomic E-state index is 12.1. The van der Waals surface area contributed by atoms with Crippen LogP contribution in [0.3, 0.4) is 0 Å². The SMILES string of the molecule is CCOC(=O)C1CNCCN1C(C)c1cc(C)oc1C. The average molecular weight is 280 g/mol. The summed E-state index contributed by atoms with van der Waals surface area (Å²) < 4.78 is 10.8. The van der Waals surface area contributed by atoms with E-state index in [0.717, 1.165) is 30.2 Å². The predicted octanol–water partition coefficient (Wildman–Crippen LogP) is 1.79. The van der Waals surface area contributed by atoms with Gasteiger partial charge in [-0.1, -0.05) is 0 Å². The normalized spacial score (nSPS) is 21.7. The number of carbonyl (C=O) groups excluding carboxylic acids is 1. The van der Waals surface area contributed by atoms with Crippen LogP contribution in [0.4, 0.5) is 0 Å². The summed E-state index contributed by atoms with van der Waals surface area (Å²) in [6.07, 6.45) is 0. The molecule has 1 aliphatic rings. The Morgan fingerprint density at radius 3 is 2.95 bits per heavy atom. The molecule has 0 aliphatic carbocycles. The third kappa shape index (κ3) is 3.04. The maximum Gasteiger partial charge on any atom is 0.324 e. The first-order chi connectivity index (χ1) is 9.54. The Morgan fingerprint density at radius 1 is 1.60 bits per heavy atom. The van der Waals surface area contributed by atoms with Crippen LogP contribution in [0, 0.1) is 13.8 Å². The van der Waals surface area contributed by atoms with Crippen molar-refractivity contribution in [2.45, 2.75) is 39.8 Å². The van der Waals surface area contributed by atoms with E-state index in [1.165, 1.54) is 0 Å². The van der Waals surface area contributed by atoms with Crippen molar-refractivity contribution in [1.82, 2.24) is 10.2 Å². The minimum Gasteiger partial charge on any atom is -0.466 e. The number of piperazine rings is 1. The minimum absolute atomic E-state index is 0.143. The molecule has 5 nitrogen and oxygen atoms in total. The number of hydrogen-bond donors (Lipinski definition) is 1. The summed E-state index contributed by atoms with van der Waals surface area (Å²) in [5, 5.41) is 3.26. The lowest BCUT2D eigenvalue weighted by atomic mass is 10.0. The van der Waals surface area contributed by atoms with Gasteiger partial charge in [0.1, 0.15) is 17.6 Å². The second-order valence-corrected chi connectivity index (χ2v) is 5.25. The van der Waals surface area contributed by atoms with E-state index in [9.17, 15) is 4.79 Å². The van der Waals surface area contributed by atoms with Crippen molar-refractivity contribution in [1.29, 1.82) is 0 Å². The van der Waals surface area contributed by atoms with Crippen LogP contribution in [0.25, 0.3) is 0 Å². The molecular formula is C15H24N2O3. The maximum absolute atomic E-state index is 12.1. The molecular weight excluding hydrogens is 256 g/mol. The van der Waals surface area contributed by atoms with Gasteiger partial charge in [-0.2, -0.15) is 0 Å². The van der Waals surface area contributed by atoms with Crippen LogP contribution in [0.15, 0.2) is 10.5 Å².